The van der Waals surface area contributed by atoms with E-state index in [4.69, 9.17) is 5.41 Å². The van der Waals surface area contributed by atoms with Crippen molar-refractivity contribution in [3.63, 3.8) is 0 Å². The number of hydrogen-bond donors (Lipinski definition) is 3. The lowest BCUT2D eigenvalue weighted by Crippen LogP contribution is -2.27. The second-order valence-electron chi connectivity index (χ2n) is 6.05. The van der Waals surface area contributed by atoms with E-state index in [9.17, 15) is 15.0 Å². The lowest BCUT2D eigenvalue weighted by Gasteiger charge is -2.21. The number of aliphatic hydroxyl groups excluding tert-OH is 1. The van der Waals surface area contributed by atoms with Crippen LogP contribution in [0.4, 0.5) is 5.69 Å². The molecule has 0 unspecified atom stereocenters. The van der Waals surface area contributed by atoms with E-state index in [0.29, 0.717) is 16.3 Å². The molecular weight excluding hydrogens is 350 g/mol. The number of benzene rings is 2. The molecule has 0 fully saturated rings. The first-order valence-corrected chi connectivity index (χ1v) is 8.76. The molecule has 26 heavy (non-hydrogen) atoms. The van der Waals surface area contributed by atoms with Crippen LogP contribution in [0.1, 0.15) is 20.9 Å². The topological polar surface area (TPSA) is 97.5 Å². The Morgan fingerprint density at radius 1 is 1.27 bits per heavy atom. The van der Waals surface area contributed by atoms with Gasteiger partial charge in [-0.15, -0.1) is 11.3 Å². The Labute approximate surface area is 153 Å². The number of fused-ring (bicyclic) bond motifs is 1. The molecule has 130 valence electrons. The number of hydrogen-bond acceptors (Lipinski definition) is 5. The number of aromatic nitrogens is 1. The van der Waals surface area contributed by atoms with Gasteiger partial charge >= 0.3 is 5.97 Å². The first-order valence-electron chi connectivity index (χ1n) is 7.94. The summed E-state index contributed by atoms with van der Waals surface area (Å²) < 4.78 is 0.984. The SMILES string of the molecule is Cc1ccc(C(=O)O)cc1N1CC(O)=C(c2nc3ccccc3s2)C1=N. The van der Waals surface area contributed by atoms with Gasteiger partial charge in [0.15, 0.2) is 0 Å². The summed E-state index contributed by atoms with van der Waals surface area (Å²) in [6.07, 6.45) is 0. The van der Waals surface area contributed by atoms with E-state index >= 15 is 0 Å². The number of nitrogens with zero attached hydrogens (tertiary/aromatic N) is 2. The average Bonchev–Trinajstić information content (AvgIpc) is 3.15. The molecule has 0 radical (unpaired) electrons. The third-order valence-electron chi connectivity index (χ3n) is 4.36. The van der Waals surface area contributed by atoms with Crippen LogP contribution in [0.3, 0.4) is 0 Å². The largest absolute Gasteiger partial charge is 0.510 e. The highest BCUT2D eigenvalue weighted by molar-refractivity contribution is 7.19. The van der Waals surface area contributed by atoms with Gasteiger partial charge in [-0.2, -0.15) is 0 Å². The maximum Gasteiger partial charge on any atom is 0.335 e. The van der Waals surface area contributed by atoms with E-state index in [1.165, 1.54) is 23.5 Å². The lowest BCUT2D eigenvalue weighted by molar-refractivity contribution is 0.0697. The van der Waals surface area contributed by atoms with Crippen LogP contribution in [0.2, 0.25) is 0 Å². The molecule has 3 aromatic rings. The highest BCUT2D eigenvalue weighted by atomic mass is 32.1. The molecule has 0 saturated heterocycles. The minimum atomic E-state index is -1.03. The van der Waals surface area contributed by atoms with Crippen molar-refractivity contribution in [2.24, 2.45) is 0 Å². The number of aromatic carboxylic acids is 1. The van der Waals surface area contributed by atoms with Gasteiger partial charge in [-0.05, 0) is 36.8 Å². The minimum Gasteiger partial charge on any atom is -0.510 e. The molecular formula is C19H15N3O3S. The molecule has 2 heterocycles. The molecule has 0 atom stereocenters. The fraction of sp³-hybridized carbons (Fsp3) is 0.105. The fourth-order valence-corrected chi connectivity index (χ4v) is 4.06. The van der Waals surface area contributed by atoms with Gasteiger partial charge in [-0.25, -0.2) is 9.78 Å². The van der Waals surface area contributed by atoms with Crippen LogP contribution >= 0.6 is 11.3 Å². The van der Waals surface area contributed by atoms with Crippen LogP contribution in [-0.4, -0.2) is 33.5 Å². The molecule has 0 saturated carbocycles. The van der Waals surface area contributed by atoms with Crippen LogP contribution in [0.25, 0.3) is 15.8 Å². The number of nitrogens with one attached hydrogen (secondary N) is 1. The maximum atomic E-state index is 11.3. The van der Waals surface area contributed by atoms with E-state index < -0.39 is 5.97 Å². The Kier molecular flexibility index (Phi) is 3.73. The number of aliphatic hydroxyl groups is 1. The molecule has 0 aliphatic carbocycles. The second kappa shape index (κ2) is 5.96. The summed E-state index contributed by atoms with van der Waals surface area (Å²) in [5, 5.41) is 28.8. The number of carboxylic acids is 1. The zero-order chi connectivity index (χ0) is 18.4. The molecule has 1 aromatic heterocycles. The third kappa shape index (κ3) is 2.53. The van der Waals surface area contributed by atoms with Gasteiger partial charge in [-0.3, -0.25) is 5.41 Å². The first kappa shape index (κ1) is 16.3. The lowest BCUT2D eigenvalue weighted by atomic mass is 10.1. The highest BCUT2D eigenvalue weighted by Crippen LogP contribution is 2.36. The summed E-state index contributed by atoms with van der Waals surface area (Å²) in [4.78, 5) is 17.4. The van der Waals surface area contributed by atoms with E-state index in [1.54, 1.807) is 11.0 Å². The van der Waals surface area contributed by atoms with Gasteiger partial charge in [0.1, 0.15) is 16.6 Å². The number of thiazole rings is 1. The van der Waals surface area contributed by atoms with Crippen LogP contribution in [-0.2, 0) is 0 Å². The normalized spacial score (nSPS) is 14.5. The van der Waals surface area contributed by atoms with Crippen molar-refractivity contribution in [1.82, 2.24) is 4.98 Å². The predicted molar refractivity (Wildman–Crippen MR) is 102 cm³/mol. The molecule has 1 aliphatic rings. The molecule has 2 aromatic carbocycles. The number of anilines is 1. The molecule has 0 bridgehead atoms. The van der Waals surface area contributed by atoms with Gasteiger partial charge in [-0.1, -0.05) is 18.2 Å². The van der Waals surface area contributed by atoms with Gasteiger partial charge in [0.2, 0.25) is 0 Å². The summed E-state index contributed by atoms with van der Waals surface area (Å²) >= 11 is 1.42. The number of para-hydroxylation sites is 1. The van der Waals surface area contributed by atoms with Crippen molar-refractivity contribution in [3.8, 4) is 0 Å². The maximum absolute atomic E-state index is 11.3. The van der Waals surface area contributed by atoms with E-state index in [0.717, 1.165) is 15.8 Å². The first-order chi connectivity index (χ1) is 12.5. The van der Waals surface area contributed by atoms with Crippen LogP contribution in [0.5, 0.6) is 0 Å². The van der Waals surface area contributed by atoms with Crippen molar-refractivity contribution < 1.29 is 15.0 Å². The zero-order valence-electron chi connectivity index (χ0n) is 13.9. The van der Waals surface area contributed by atoms with Crippen LogP contribution in [0, 0.1) is 12.3 Å². The average molecular weight is 365 g/mol. The Morgan fingerprint density at radius 2 is 2.04 bits per heavy atom. The van der Waals surface area contributed by atoms with Crippen LogP contribution in [0.15, 0.2) is 48.2 Å². The van der Waals surface area contributed by atoms with Gasteiger partial charge < -0.3 is 15.1 Å². The third-order valence-corrected chi connectivity index (χ3v) is 5.41. The standard InChI is InChI=1S/C19H15N3O3S/c1-10-6-7-11(19(24)25)8-13(10)22-9-14(23)16(17(22)20)18-21-12-4-2-3-5-15(12)26-18/h2-8,20,23H,9H2,1H3,(H,24,25). The number of carbonyl (C=O) groups is 1. The van der Waals surface area contributed by atoms with E-state index in [2.05, 4.69) is 4.98 Å². The summed E-state index contributed by atoms with van der Waals surface area (Å²) in [6, 6.07) is 12.4. The highest BCUT2D eigenvalue weighted by Gasteiger charge is 2.32. The van der Waals surface area contributed by atoms with E-state index in [-0.39, 0.29) is 23.7 Å². The van der Waals surface area contributed by atoms with E-state index in [1.807, 2.05) is 31.2 Å². The van der Waals surface area contributed by atoms with Crippen molar-refractivity contribution in [3.05, 3.63) is 64.4 Å². The second-order valence-corrected chi connectivity index (χ2v) is 7.08. The fourth-order valence-electron chi connectivity index (χ4n) is 3.02. The summed E-state index contributed by atoms with van der Waals surface area (Å²) in [5.41, 5.74) is 2.79. The summed E-state index contributed by atoms with van der Waals surface area (Å²) in [6.45, 7) is 1.97. The monoisotopic (exact) mass is 365 g/mol. The van der Waals surface area contributed by atoms with Gasteiger partial charge in [0, 0.05) is 5.69 Å². The van der Waals surface area contributed by atoms with Crippen molar-refractivity contribution in [1.29, 1.82) is 5.41 Å². The van der Waals surface area contributed by atoms with Crippen molar-refractivity contribution in [2.45, 2.75) is 6.92 Å². The minimum absolute atomic E-state index is 0.0641. The Balaban J connectivity index is 1.75. The molecule has 4 rings (SSSR count). The molecule has 7 heteroatoms. The molecule has 1 aliphatic heterocycles. The Bertz CT molecular complexity index is 1070. The summed E-state index contributed by atoms with van der Waals surface area (Å²) in [5.74, 6) is -0.845. The zero-order valence-corrected chi connectivity index (χ0v) is 14.7. The molecule has 0 spiro atoms. The Morgan fingerprint density at radius 3 is 2.77 bits per heavy atom. The smallest absolute Gasteiger partial charge is 0.335 e. The van der Waals surface area contributed by atoms with Crippen molar-refractivity contribution in [2.75, 3.05) is 11.4 Å². The number of rotatable bonds is 3. The molecule has 3 N–H and O–H groups in total. The number of carboxylic acid groups (broad SMARTS) is 1. The number of aryl methyl sites for hydroxylation is 1. The quantitative estimate of drug-likeness (QED) is 0.650. The van der Waals surface area contributed by atoms with Gasteiger partial charge in [0.25, 0.3) is 0 Å². The number of amidine groups is 1. The predicted octanol–water partition coefficient (Wildman–Crippen LogP) is 4.07. The summed E-state index contributed by atoms with van der Waals surface area (Å²) in [7, 11) is 0. The van der Waals surface area contributed by atoms with Gasteiger partial charge in [0.05, 0.1) is 27.9 Å². The Hall–Kier alpha value is -3.19. The molecule has 0 amide bonds. The van der Waals surface area contributed by atoms with Crippen molar-refractivity contribution >= 4 is 44.6 Å². The van der Waals surface area contributed by atoms with Crippen LogP contribution < -0.4 is 4.90 Å². The molecule has 6 nitrogen and oxygen atoms in total.